The first-order chi connectivity index (χ1) is 31.0. The third-order valence-corrected chi connectivity index (χ3v) is 11.2. The topological polar surface area (TPSA) is 78.9 Å². The molecule has 6 nitrogen and oxygen atoms in total. The number of allylic oxidation sites excluding steroid dienone is 12. The van der Waals surface area contributed by atoms with E-state index in [1.54, 1.807) is 0 Å². The van der Waals surface area contributed by atoms with Crippen molar-refractivity contribution in [1.29, 1.82) is 0 Å². The van der Waals surface area contributed by atoms with Gasteiger partial charge in [0.05, 0.1) is 0 Å². The third kappa shape index (κ3) is 49.7. The third-order valence-electron chi connectivity index (χ3n) is 11.2. The minimum absolute atomic E-state index is 0.103. The number of carbonyl (C=O) groups is 3. The van der Waals surface area contributed by atoms with Gasteiger partial charge in [0.2, 0.25) is 0 Å². The summed E-state index contributed by atoms with van der Waals surface area (Å²) in [5, 5.41) is 0. The zero-order chi connectivity index (χ0) is 45.8. The van der Waals surface area contributed by atoms with Crippen LogP contribution in [0.5, 0.6) is 0 Å². The zero-order valence-electron chi connectivity index (χ0n) is 41.3. The van der Waals surface area contributed by atoms with E-state index in [2.05, 4.69) is 93.7 Å². The molecule has 0 aliphatic heterocycles. The van der Waals surface area contributed by atoms with E-state index < -0.39 is 6.10 Å². The van der Waals surface area contributed by atoms with Crippen molar-refractivity contribution in [2.45, 2.75) is 258 Å². The van der Waals surface area contributed by atoms with Gasteiger partial charge in [0, 0.05) is 19.3 Å². The van der Waals surface area contributed by atoms with Crippen LogP contribution >= 0.6 is 0 Å². The minimum atomic E-state index is -0.805. The molecule has 1 unspecified atom stereocenters. The molecule has 0 aliphatic rings. The van der Waals surface area contributed by atoms with Gasteiger partial charge in [0.1, 0.15) is 13.2 Å². The predicted octanol–water partition coefficient (Wildman–Crippen LogP) is 17.4. The van der Waals surface area contributed by atoms with Gasteiger partial charge < -0.3 is 14.2 Å². The molecule has 0 saturated carbocycles. The van der Waals surface area contributed by atoms with Crippen LogP contribution in [-0.4, -0.2) is 37.2 Å². The molecular weight excluding hydrogens is 781 g/mol. The fraction of sp³-hybridized carbons (Fsp3) is 0.737. The number of ether oxygens (including phenoxy) is 3. The van der Waals surface area contributed by atoms with Crippen molar-refractivity contribution >= 4 is 17.9 Å². The van der Waals surface area contributed by atoms with Crippen LogP contribution in [0.4, 0.5) is 0 Å². The molecular formula is C57H98O6. The summed E-state index contributed by atoms with van der Waals surface area (Å²) >= 11 is 0. The Morgan fingerprint density at radius 1 is 0.349 bits per heavy atom. The Balaban J connectivity index is 4.43. The average molecular weight is 879 g/mol. The van der Waals surface area contributed by atoms with Crippen molar-refractivity contribution < 1.29 is 28.6 Å². The highest BCUT2D eigenvalue weighted by atomic mass is 16.6. The van der Waals surface area contributed by atoms with E-state index in [1.165, 1.54) is 109 Å². The van der Waals surface area contributed by atoms with Crippen LogP contribution in [0.15, 0.2) is 72.9 Å². The van der Waals surface area contributed by atoms with Gasteiger partial charge >= 0.3 is 17.9 Å². The predicted molar refractivity (Wildman–Crippen MR) is 270 cm³/mol. The quantitative estimate of drug-likeness (QED) is 0.0199. The SMILES string of the molecule is CC/C=C\C/C=C\C/C=C\CCCC(=O)OCC(COC(=O)CCCCCCC/C=C\C=C/CCCCCCCCC)OC(=O)CCCCCCC/C=C\CCCCCCCCC. The Kier molecular flexibility index (Phi) is 48.9. The first kappa shape index (κ1) is 59.9. The largest absolute Gasteiger partial charge is 0.462 e. The molecule has 0 bridgehead atoms. The van der Waals surface area contributed by atoms with Crippen molar-refractivity contribution in [3.8, 4) is 0 Å². The van der Waals surface area contributed by atoms with Crippen molar-refractivity contribution in [3.63, 3.8) is 0 Å². The first-order valence-electron chi connectivity index (χ1n) is 26.5. The van der Waals surface area contributed by atoms with Crippen LogP contribution in [0.2, 0.25) is 0 Å². The minimum Gasteiger partial charge on any atom is -0.462 e. The average Bonchev–Trinajstić information content (AvgIpc) is 3.28. The molecule has 0 radical (unpaired) electrons. The maximum absolute atomic E-state index is 12.8. The summed E-state index contributed by atoms with van der Waals surface area (Å²) in [4.78, 5) is 37.9. The van der Waals surface area contributed by atoms with Crippen molar-refractivity contribution in [2.75, 3.05) is 13.2 Å². The molecule has 0 aromatic rings. The Bertz CT molecular complexity index is 1190. The van der Waals surface area contributed by atoms with Gasteiger partial charge in [-0.25, -0.2) is 0 Å². The number of rotatable bonds is 47. The fourth-order valence-corrected chi connectivity index (χ4v) is 7.22. The summed E-state index contributed by atoms with van der Waals surface area (Å²) in [5.74, 6) is -0.979. The van der Waals surface area contributed by atoms with Gasteiger partial charge in [-0.15, -0.1) is 0 Å². The molecule has 362 valence electrons. The smallest absolute Gasteiger partial charge is 0.306 e. The van der Waals surface area contributed by atoms with E-state index in [9.17, 15) is 14.4 Å². The second-order valence-electron chi connectivity index (χ2n) is 17.4. The zero-order valence-corrected chi connectivity index (χ0v) is 41.3. The monoisotopic (exact) mass is 879 g/mol. The molecule has 63 heavy (non-hydrogen) atoms. The number of carbonyl (C=O) groups excluding carboxylic acids is 3. The Labute approximate surface area is 389 Å². The summed E-state index contributed by atoms with van der Waals surface area (Å²) in [5.41, 5.74) is 0. The second kappa shape index (κ2) is 51.5. The van der Waals surface area contributed by atoms with Crippen LogP contribution in [0.1, 0.15) is 252 Å². The molecule has 0 spiro atoms. The number of unbranched alkanes of at least 4 members (excludes halogenated alkanes) is 25. The molecule has 0 aromatic carbocycles. The van der Waals surface area contributed by atoms with Gasteiger partial charge in [0.15, 0.2) is 6.10 Å². The van der Waals surface area contributed by atoms with Gasteiger partial charge in [0.25, 0.3) is 0 Å². The van der Waals surface area contributed by atoms with Crippen LogP contribution in [0, 0.1) is 0 Å². The van der Waals surface area contributed by atoms with E-state index in [0.29, 0.717) is 19.3 Å². The lowest BCUT2D eigenvalue weighted by atomic mass is 10.1. The van der Waals surface area contributed by atoms with E-state index in [-0.39, 0.29) is 37.5 Å². The summed E-state index contributed by atoms with van der Waals surface area (Å²) in [7, 11) is 0. The summed E-state index contributed by atoms with van der Waals surface area (Å²) in [6.45, 7) is 6.45. The molecule has 0 N–H and O–H groups in total. The lowest BCUT2D eigenvalue weighted by Crippen LogP contribution is -2.30. The summed E-state index contributed by atoms with van der Waals surface area (Å²) in [6, 6.07) is 0. The Morgan fingerprint density at radius 3 is 1.14 bits per heavy atom. The standard InChI is InChI=1S/C57H98O6/c1-4-7-10-13-16-19-22-24-26-28-29-31-32-35-38-41-44-47-50-56(59)62-53-54(52-61-55(58)49-46-43-40-37-34-21-18-15-12-9-6-3)63-57(60)51-48-45-42-39-36-33-30-27-25-23-20-17-14-11-8-5-2/h9,12,18,21,26-31,37,40,54H,4-8,10-11,13-17,19-20,22-25,32-36,38-39,41-53H2,1-3H3/b12-9-,21-18-,28-26-,30-27-,31-29-,40-37-. The second-order valence-corrected chi connectivity index (χ2v) is 17.4. The number of hydrogen-bond acceptors (Lipinski definition) is 6. The Morgan fingerprint density at radius 2 is 0.683 bits per heavy atom. The normalized spacial score (nSPS) is 12.6. The van der Waals surface area contributed by atoms with E-state index in [4.69, 9.17) is 14.2 Å². The molecule has 0 aliphatic carbocycles. The molecule has 0 saturated heterocycles. The highest BCUT2D eigenvalue weighted by Crippen LogP contribution is 2.14. The highest BCUT2D eigenvalue weighted by molar-refractivity contribution is 5.71. The maximum Gasteiger partial charge on any atom is 0.306 e. The van der Waals surface area contributed by atoms with Crippen LogP contribution < -0.4 is 0 Å². The van der Waals surface area contributed by atoms with Gasteiger partial charge in [-0.3, -0.25) is 14.4 Å². The van der Waals surface area contributed by atoms with Crippen molar-refractivity contribution in [1.82, 2.24) is 0 Å². The maximum atomic E-state index is 12.8. The van der Waals surface area contributed by atoms with Gasteiger partial charge in [-0.2, -0.15) is 0 Å². The van der Waals surface area contributed by atoms with Gasteiger partial charge in [-0.05, 0) is 96.3 Å². The van der Waals surface area contributed by atoms with Crippen molar-refractivity contribution in [3.05, 3.63) is 72.9 Å². The lowest BCUT2D eigenvalue weighted by Gasteiger charge is -2.18. The molecule has 0 amide bonds. The van der Waals surface area contributed by atoms with Crippen LogP contribution in [0.3, 0.4) is 0 Å². The fourth-order valence-electron chi connectivity index (χ4n) is 7.22. The molecule has 0 fully saturated rings. The van der Waals surface area contributed by atoms with E-state index >= 15 is 0 Å². The first-order valence-corrected chi connectivity index (χ1v) is 26.5. The van der Waals surface area contributed by atoms with Gasteiger partial charge in [-0.1, -0.05) is 209 Å². The molecule has 6 heteroatoms. The highest BCUT2D eigenvalue weighted by Gasteiger charge is 2.19. The molecule has 0 heterocycles. The Hall–Kier alpha value is -3.15. The van der Waals surface area contributed by atoms with E-state index in [1.807, 2.05) is 0 Å². The molecule has 1 atom stereocenters. The van der Waals surface area contributed by atoms with E-state index in [0.717, 1.165) is 96.3 Å². The molecule has 0 aromatic heterocycles. The summed E-state index contributed by atoms with van der Waals surface area (Å²) < 4.78 is 16.7. The van der Waals surface area contributed by atoms with Crippen molar-refractivity contribution in [2.24, 2.45) is 0 Å². The number of esters is 3. The number of hydrogen-bond donors (Lipinski definition) is 0. The summed E-state index contributed by atoms with van der Waals surface area (Å²) in [6.07, 6.45) is 64.7. The van der Waals surface area contributed by atoms with Crippen LogP contribution in [-0.2, 0) is 28.6 Å². The van der Waals surface area contributed by atoms with Crippen LogP contribution in [0.25, 0.3) is 0 Å². The lowest BCUT2D eigenvalue weighted by molar-refractivity contribution is -0.167. The molecule has 0 rings (SSSR count).